The number of carbonyl (C=O) groups excluding carboxylic acids is 1. The minimum atomic E-state index is -3.49. The van der Waals surface area contributed by atoms with Gasteiger partial charge in [0.05, 0.1) is 22.7 Å². The fraction of sp³-hybridized carbons (Fsp3) is 0.350. The molecule has 3 rings (SSSR count). The Bertz CT molecular complexity index is 1060. The van der Waals surface area contributed by atoms with Gasteiger partial charge in [-0.2, -0.15) is 5.10 Å². The minimum Gasteiger partial charge on any atom is -0.478 e. The summed E-state index contributed by atoms with van der Waals surface area (Å²) in [7, 11) is -0.546. The summed E-state index contributed by atoms with van der Waals surface area (Å²) in [5, 5.41) is 13.2. The summed E-state index contributed by atoms with van der Waals surface area (Å²) >= 11 is 0. The van der Waals surface area contributed by atoms with Crippen LogP contribution in [0.25, 0.3) is 6.08 Å². The molecule has 1 unspecified atom stereocenters. The molecule has 9 nitrogen and oxygen atoms in total. The first-order valence-electron chi connectivity index (χ1n) is 9.45. The van der Waals surface area contributed by atoms with E-state index in [1.54, 1.807) is 27.8 Å². The number of carboxylic acid groups (broad SMARTS) is 1. The van der Waals surface area contributed by atoms with E-state index in [1.807, 2.05) is 0 Å². The highest BCUT2D eigenvalue weighted by atomic mass is 32.2. The number of carbonyl (C=O) groups is 2. The van der Waals surface area contributed by atoms with Gasteiger partial charge in [-0.3, -0.25) is 9.48 Å². The Kier molecular flexibility index (Phi) is 6.37. The Morgan fingerprint density at radius 3 is 2.53 bits per heavy atom. The normalized spacial score (nSPS) is 17.6. The van der Waals surface area contributed by atoms with Crippen molar-refractivity contribution < 1.29 is 23.1 Å². The van der Waals surface area contributed by atoms with Crippen molar-refractivity contribution in [2.75, 3.05) is 27.2 Å². The molecule has 160 valence electrons. The lowest BCUT2D eigenvalue weighted by Crippen LogP contribution is -2.40. The molecule has 1 amide bonds. The number of nitrogens with zero attached hydrogens (tertiary/aromatic N) is 4. The maximum absolute atomic E-state index is 12.6. The summed E-state index contributed by atoms with van der Waals surface area (Å²) in [6.07, 6.45) is 7.51. The van der Waals surface area contributed by atoms with E-state index < -0.39 is 16.0 Å². The largest absolute Gasteiger partial charge is 0.478 e. The average Bonchev–Trinajstić information content (AvgIpc) is 3.23. The highest BCUT2D eigenvalue weighted by molar-refractivity contribution is 7.89. The van der Waals surface area contributed by atoms with Gasteiger partial charge in [0.15, 0.2) is 0 Å². The van der Waals surface area contributed by atoms with E-state index in [1.165, 1.54) is 44.7 Å². The molecule has 10 heteroatoms. The van der Waals surface area contributed by atoms with Crippen molar-refractivity contribution in [3.05, 3.63) is 53.9 Å². The van der Waals surface area contributed by atoms with Crippen molar-refractivity contribution in [1.82, 2.24) is 19.0 Å². The third-order valence-electron chi connectivity index (χ3n) is 5.01. The van der Waals surface area contributed by atoms with E-state index in [0.29, 0.717) is 18.7 Å². The van der Waals surface area contributed by atoms with E-state index in [2.05, 4.69) is 5.10 Å². The first kappa shape index (κ1) is 21.7. The number of hydrogen-bond donors (Lipinski definition) is 1. The Morgan fingerprint density at radius 1 is 1.23 bits per heavy atom. The lowest BCUT2D eigenvalue weighted by molar-refractivity contribution is -0.127. The van der Waals surface area contributed by atoms with E-state index in [-0.39, 0.29) is 22.4 Å². The maximum Gasteiger partial charge on any atom is 0.338 e. The van der Waals surface area contributed by atoms with Gasteiger partial charge in [0.25, 0.3) is 0 Å². The van der Waals surface area contributed by atoms with Crippen LogP contribution in [0.2, 0.25) is 0 Å². The standard InChI is InChI=1S/C20H24N4O5S/c1-22(2)30(28,29)18-8-5-15(6-9-18)7-10-19(25)23-11-3-4-17(14-23)24-13-16(12-21-24)20(26)27/h5-10,12-13,17H,3-4,11,14H2,1-2H3,(H,26,27). The first-order chi connectivity index (χ1) is 14.2. The second-order valence-corrected chi connectivity index (χ2v) is 9.44. The Labute approximate surface area is 175 Å². The Morgan fingerprint density at radius 2 is 1.93 bits per heavy atom. The molecule has 30 heavy (non-hydrogen) atoms. The van der Waals surface area contributed by atoms with Crippen LogP contribution in [0.4, 0.5) is 0 Å². The summed E-state index contributed by atoms with van der Waals surface area (Å²) in [5.74, 6) is -1.19. The summed E-state index contributed by atoms with van der Waals surface area (Å²) < 4.78 is 27.0. The van der Waals surface area contributed by atoms with Crippen LogP contribution in [0.5, 0.6) is 0 Å². The van der Waals surface area contributed by atoms with E-state index in [4.69, 9.17) is 5.11 Å². The number of benzene rings is 1. The number of amides is 1. The molecule has 1 saturated heterocycles. The molecule has 1 fully saturated rings. The predicted molar refractivity (Wildman–Crippen MR) is 110 cm³/mol. The van der Waals surface area contributed by atoms with Crippen molar-refractivity contribution in [2.24, 2.45) is 0 Å². The molecule has 1 aliphatic heterocycles. The molecule has 2 aromatic rings. The van der Waals surface area contributed by atoms with Crippen molar-refractivity contribution in [3.63, 3.8) is 0 Å². The van der Waals surface area contributed by atoms with Gasteiger partial charge in [-0.05, 0) is 36.6 Å². The summed E-state index contributed by atoms with van der Waals surface area (Å²) in [4.78, 5) is 25.5. The van der Waals surface area contributed by atoms with Crippen LogP contribution in [-0.2, 0) is 14.8 Å². The predicted octanol–water partition coefficient (Wildman–Crippen LogP) is 1.71. The molecule has 0 spiro atoms. The van der Waals surface area contributed by atoms with Crippen LogP contribution < -0.4 is 0 Å². The zero-order chi connectivity index (χ0) is 21.9. The van der Waals surface area contributed by atoms with Gasteiger partial charge in [0.1, 0.15) is 0 Å². The second kappa shape index (κ2) is 8.80. The zero-order valence-electron chi connectivity index (χ0n) is 16.8. The number of carboxylic acids is 1. The minimum absolute atomic E-state index is 0.0697. The monoisotopic (exact) mass is 432 g/mol. The fourth-order valence-electron chi connectivity index (χ4n) is 3.25. The molecule has 1 atom stereocenters. The number of aromatic carboxylic acids is 1. The van der Waals surface area contributed by atoms with E-state index in [0.717, 1.165) is 17.1 Å². The molecule has 0 aliphatic carbocycles. The molecule has 1 aliphatic rings. The average molecular weight is 433 g/mol. The van der Waals surface area contributed by atoms with Crippen LogP contribution in [0.3, 0.4) is 0 Å². The number of likely N-dealkylation sites (tertiary alicyclic amines) is 1. The summed E-state index contributed by atoms with van der Waals surface area (Å²) in [6.45, 7) is 1.07. The highest BCUT2D eigenvalue weighted by Crippen LogP contribution is 2.22. The van der Waals surface area contributed by atoms with E-state index >= 15 is 0 Å². The zero-order valence-corrected chi connectivity index (χ0v) is 17.6. The number of hydrogen-bond acceptors (Lipinski definition) is 5. The van der Waals surface area contributed by atoms with Gasteiger partial charge in [0, 0.05) is 39.5 Å². The molecule has 0 saturated carbocycles. The molecule has 1 N–H and O–H groups in total. The van der Waals surface area contributed by atoms with Gasteiger partial charge in [-0.25, -0.2) is 17.5 Å². The van der Waals surface area contributed by atoms with Gasteiger partial charge < -0.3 is 10.0 Å². The van der Waals surface area contributed by atoms with Crippen LogP contribution in [0.1, 0.15) is 34.8 Å². The number of rotatable bonds is 6. The summed E-state index contributed by atoms with van der Waals surface area (Å²) in [5.41, 5.74) is 0.839. The van der Waals surface area contributed by atoms with Crippen LogP contribution in [0, 0.1) is 0 Å². The third-order valence-corrected chi connectivity index (χ3v) is 6.84. The lowest BCUT2D eigenvalue weighted by Gasteiger charge is -2.32. The van der Waals surface area contributed by atoms with Crippen LogP contribution >= 0.6 is 0 Å². The topological polar surface area (TPSA) is 113 Å². The third kappa shape index (κ3) is 4.77. The van der Waals surface area contributed by atoms with Crippen LogP contribution in [-0.4, -0.2) is 71.6 Å². The van der Waals surface area contributed by atoms with Gasteiger partial charge in [-0.1, -0.05) is 12.1 Å². The lowest BCUT2D eigenvalue weighted by atomic mass is 10.1. The van der Waals surface area contributed by atoms with Crippen molar-refractivity contribution >= 4 is 28.0 Å². The highest BCUT2D eigenvalue weighted by Gasteiger charge is 2.25. The Balaban J connectivity index is 1.65. The van der Waals surface area contributed by atoms with Gasteiger partial charge >= 0.3 is 5.97 Å². The van der Waals surface area contributed by atoms with E-state index in [9.17, 15) is 18.0 Å². The maximum atomic E-state index is 12.6. The molecule has 0 bridgehead atoms. The van der Waals surface area contributed by atoms with Crippen molar-refractivity contribution in [3.8, 4) is 0 Å². The Hall–Kier alpha value is -2.98. The summed E-state index contributed by atoms with van der Waals surface area (Å²) in [6, 6.07) is 6.24. The van der Waals surface area contributed by atoms with Gasteiger partial charge in [-0.15, -0.1) is 0 Å². The van der Waals surface area contributed by atoms with Crippen molar-refractivity contribution in [2.45, 2.75) is 23.8 Å². The first-order valence-corrected chi connectivity index (χ1v) is 10.9. The van der Waals surface area contributed by atoms with Crippen LogP contribution in [0.15, 0.2) is 47.6 Å². The number of piperidine rings is 1. The van der Waals surface area contributed by atoms with Crippen molar-refractivity contribution in [1.29, 1.82) is 0 Å². The molecule has 1 aromatic carbocycles. The quantitative estimate of drug-likeness (QED) is 0.696. The second-order valence-electron chi connectivity index (χ2n) is 7.28. The molecule has 2 heterocycles. The molecule has 1 aromatic heterocycles. The fourth-order valence-corrected chi connectivity index (χ4v) is 4.16. The number of sulfonamides is 1. The smallest absolute Gasteiger partial charge is 0.338 e. The number of aromatic nitrogens is 2. The molecular weight excluding hydrogens is 408 g/mol. The molecular formula is C20H24N4O5S. The SMILES string of the molecule is CN(C)S(=O)(=O)c1ccc(C=CC(=O)N2CCCC(n3cc(C(=O)O)cn3)C2)cc1. The van der Waals surface area contributed by atoms with Gasteiger partial charge in [0.2, 0.25) is 15.9 Å². The molecule has 0 radical (unpaired) electrons.